The molecule has 82 valence electrons. The van der Waals surface area contributed by atoms with Gasteiger partial charge in [0, 0.05) is 11.5 Å². The molecule has 2 atom stereocenters. The first-order valence-electron chi connectivity index (χ1n) is 5.17. The molecule has 0 radical (unpaired) electrons. The van der Waals surface area contributed by atoms with Gasteiger partial charge in [0.05, 0.1) is 6.10 Å². The maximum Gasteiger partial charge on any atom is 0.314 e. The molecule has 0 bridgehead atoms. The number of carboxylic acids is 1. The van der Waals surface area contributed by atoms with E-state index in [4.69, 9.17) is 4.74 Å². The molecule has 2 rings (SSSR count). The predicted molar refractivity (Wildman–Crippen MR) is 58.3 cm³/mol. The highest BCUT2D eigenvalue weighted by molar-refractivity contribution is 7.10. The first-order chi connectivity index (χ1) is 7.29. The summed E-state index contributed by atoms with van der Waals surface area (Å²) in [4.78, 5) is 12.1. The van der Waals surface area contributed by atoms with E-state index in [9.17, 15) is 9.90 Å². The lowest BCUT2D eigenvalue weighted by molar-refractivity contribution is -0.143. The molecular formula is C11H14O3S. The summed E-state index contributed by atoms with van der Waals surface area (Å²) in [5, 5.41) is 11.1. The zero-order chi connectivity index (χ0) is 10.7. The van der Waals surface area contributed by atoms with Crippen molar-refractivity contribution in [1.82, 2.24) is 0 Å². The molecule has 3 nitrogen and oxygen atoms in total. The van der Waals surface area contributed by atoms with Crippen LogP contribution in [0.1, 0.15) is 30.1 Å². The normalized spacial score (nSPS) is 23.6. The third kappa shape index (κ3) is 2.38. The summed E-state index contributed by atoms with van der Waals surface area (Å²) in [6.45, 7) is 0.694. The standard InChI is InChI=1S/C11H14O3S/c12-11(13)10(9-5-3-7-15-9)8-4-1-2-6-14-8/h3,5,7-8,10H,1-2,4,6H2,(H,12,13). The third-order valence-electron chi connectivity index (χ3n) is 2.70. The molecule has 1 aliphatic rings. The second-order valence-electron chi connectivity index (χ2n) is 3.74. The van der Waals surface area contributed by atoms with Gasteiger partial charge in [0.25, 0.3) is 0 Å². The average Bonchev–Trinajstić information content (AvgIpc) is 2.72. The Kier molecular flexibility index (Phi) is 3.38. The fourth-order valence-corrected chi connectivity index (χ4v) is 2.83. The van der Waals surface area contributed by atoms with E-state index in [0.29, 0.717) is 6.61 Å². The molecule has 4 heteroatoms. The van der Waals surface area contributed by atoms with E-state index in [-0.39, 0.29) is 6.10 Å². The van der Waals surface area contributed by atoms with Gasteiger partial charge in [-0.25, -0.2) is 0 Å². The Morgan fingerprint density at radius 3 is 3.00 bits per heavy atom. The van der Waals surface area contributed by atoms with Crippen LogP contribution in [0.15, 0.2) is 17.5 Å². The van der Waals surface area contributed by atoms with Gasteiger partial charge in [-0.05, 0) is 30.7 Å². The van der Waals surface area contributed by atoms with Crippen LogP contribution in [0.3, 0.4) is 0 Å². The summed E-state index contributed by atoms with van der Waals surface area (Å²) >= 11 is 1.49. The Labute approximate surface area is 92.7 Å². The predicted octanol–water partition coefficient (Wildman–Crippen LogP) is 2.49. The van der Waals surface area contributed by atoms with E-state index < -0.39 is 11.9 Å². The SMILES string of the molecule is O=C(O)C(c1cccs1)C1CCCCO1. The maximum atomic E-state index is 11.2. The van der Waals surface area contributed by atoms with Crippen LogP contribution in [-0.4, -0.2) is 23.8 Å². The fraction of sp³-hybridized carbons (Fsp3) is 0.545. The summed E-state index contributed by atoms with van der Waals surface area (Å²) in [7, 11) is 0. The number of carboxylic acid groups (broad SMARTS) is 1. The van der Waals surface area contributed by atoms with Gasteiger partial charge in [-0.1, -0.05) is 6.07 Å². The molecule has 0 spiro atoms. The van der Waals surface area contributed by atoms with Crippen LogP contribution in [-0.2, 0) is 9.53 Å². The first kappa shape index (κ1) is 10.6. The van der Waals surface area contributed by atoms with Crippen LogP contribution >= 0.6 is 11.3 Å². The quantitative estimate of drug-likeness (QED) is 0.861. The summed E-state index contributed by atoms with van der Waals surface area (Å²) in [5.74, 6) is -1.25. The van der Waals surface area contributed by atoms with Crippen molar-refractivity contribution in [3.8, 4) is 0 Å². The number of thiophene rings is 1. The summed E-state index contributed by atoms with van der Waals surface area (Å²) in [5.41, 5.74) is 0. The number of carbonyl (C=O) groups is 1. The molecule has 0 aliphatic carbocycles. The third-order valence-corrected chi connectivity index (χ3v) is 3.66. The minimum Gasteiger partial charge on any atom is -0.481 e. The lowest BCUT2D eigenvalue weighted by atomic mass is 9.94. The maximum absolute atomic E-state index is 11.2. The molecule has 15 heavy (non-hydrogen) atoms. The first-order valence-corrected chi connectivity index (χ1v) is 6.05. The number of hydrogen-bond acceptors (Lipinski definition) is 3. The van der Waals surface area contributed by atoms with Crippen molar-refractivity contribution in [1.29, 1.82) is 0 Å². The van der Waals surface area contributed by atoms with Gasteiger partial charge < -0.3 is 9.84 Å². The Morgan fingerprint density at radius 2 is 2.47 bits per heavy atom. The number of hydrogen-bond donors (Lipinski definition) is 1. The minimum absolute atomic E-state index is 0.144. The summed E-state index contributed by atoms with van der Waals surface area (Å²) in [6, 6.07) is 3.76. The molecule has 2 heterocycles. The molecule has 1 saturated heterocycles. The van der Waals surface area contributed by atoms with Crippen LogP contribution in [0.5, 0.6) is 0 Å². The van der Waals surface area contributed by atoms with Gasteiger partial charge in [0.2, 0.25) is 0 Å². The van der Waals surface area contributed by atoms with Gasteiger partial charge in [0.15, 0.2) is 0 Å². The molecule has 0 saturated carbocycles. The van der Waals surface area contributed by atoms with Gasteiger partial charge in [-0.15, -0.1) is 11.3 Å². The van der Waals surface area contributed by atoms with Gasteiger partial charge in [-0.2, -0.15) is 0 Å². The Bertz CT molecular complexity index is 315. The molecule has 0 aromatic carbocycles. The average molecular weight is 226 g/mol. The van der Waals surface area contributed by atoms with Gasteiger partial charge in [0.1, 0.15) is 5.92 Å². The van der Waals surface area contributed by atoms with Crippen molar-refractivity contribution in [2.24, 2.45) is 0 Å². The van der Waals surface area contributed by atoms with Crippen molar-refractivity contribution >= 4 is 17.3 Å². The van der Waals surface area contributed by atoms with Crippen molar-refractivity contribution in [3.63, 3.8) is 0 Å². The number of rotatable bonds is 3. The molecule has 1 aromatic rings. The van der Waals surface area contributed by atoms with Crippen LogP contribution in [0.4, 0.5) is 0 Å². The Hall–Kier alpha value is -0.870. The minimum atomic E-state index is -0.774. The topological polar surface area (TPSA) is 46.5 Å². The second-order valence-corrected chi connectivity index (χ2v) is 4.72. The highest BCUT2D eigenvalue weighted by Gasteiger charge is 2.32. The van der Waals surface area contributed by atoms with Crippen LogP contribution in [0, 0.1) is 0 Å². The smallest absolute Gasteiger partial charge is 0.314 e. The van der Waals surface area contributed by atoms with Crippen LogP contribution < -0.4 is 0 Å². The highest BCUT2D eigenvalue weighted by Crippen LogP contribution is 2.31. The van der Waals surface area contributed by atoms with Crippen molar-refractivity contribution in [2.45, 2.75) is 31.3 Å². The molecule has 1 aliphatic heterocycles. The summed E-state index contributed by atoms with van der Waals surface area (Å²) < 4.78 is 5.55. The van der Waals surface area contributed by atoms with E-state index >= 15 is 0 Å². The molecular weight excluding hydrogens is 212 g/mol. The number of aliphatic carboxylic acids is 1. The lowest BCUT2D eigenvalue weighted by Crippen LogP contribution is -2.31. The van der Waals surface area contributed by atoms with Gasteiger partial charge in [-0.3, -0.25) is 4.79 Å². The zero-order valence-corrected chi connectivity index (χ0v) is 9.20. The number of ether oxygens (including phenoxy) is 1. The molecule has 1 aromatic heterocycles. The van der Waals surface area contributed by atoms with Crippen molar-refractivity contribution < 1.29 is 14.6 Å². The summed E-state index contributed by atoms with van der Waals surface area (Å²) in [6.07, 6.45) is 2.83. The molecule has 1 fully saturated rings. The van der Waals surface area contributed by atoms with E-state index in [2.05, 4.69) is 0 Å². The van der Waals surface area contributed by atoms with Gasteiger partial charge >= 0.3 is 5.97 Å². The Morgan fingerprint density at radius 1 is 1.60 bits per heavy atom. The van der Waals surface area contributed by atoms with Crippen molar-refractivity contribution in [3.05, 3.63) is 22.4 Å². The van der Waals surface area contributed by atoms with E-state index in [1.807, 2.05) is 17.5 Å². The van der Waals surface area contributed by atoms with Crippen LogP contribution in [0.25, 0.3) is 0 Å². The van der Waals surface area contributed by atoms with Crippen molar-refractivity contribution in [2.75, 3.05) is 6.61 Å². The molecule has 1 N–H and O–H groups in total. The monoisotopic (exact) mass is 226 g/mol. The molecule has 0 amide bonds. The Balaban J connectivity index is 2.15. The fourth-order valence-electron chi connectivity index (χ4n) is 1.96. The zero-order valence-electron chi connectivity index (χ0n) is 8.39. The van der Waals surface area contributed by atoms with E-state index in [1.54, 1.807) is 0 Å². The van der Waals surface area contributed by atoms with Crippen LogP contribution in [0.2, 0.25) is 0 Å². The van der Waals surface area contributed by atoms with E-state index in [1.165, 1.54) is 11.3 Å². The highest BCUT2D eigenvalue weighted by atomic mass is 32.1. The largest absolute Gasteiger partial charge is 0.481 e. The lowest BCUT2D eigenvalue weighted by Gasteiger charge is -2.27. The molecule has 2 unspecified atom stereocenters. The second kappa shape index (κ2) is 4.77. The van der Waals surface area contributed by atoms with E-state index in [0.717, 1.165) is 24.1 Å².